The summed E-state index contributed by atoms with van der Waals surface area (Å²) in [5, 5.41) is 2.67. The number of benzene rings is 1. The molecule has 1 aromatic carbocycles. The number of nitrogens with zero attached hydrogens (tertiary/aromatic N) is 2. The van der Waals surface area contributed by atoms with Gasteiger partial charge in [0.05, 0.1) is 6.54 Å². The van der Waals surface area contributed by atoms with E-state index in [2.05, 4.69) is 10.3 Å². The number of hydrogen-bond acceptors (Lipinski definition) is 3. The second-order valence-corrected chi connectivity index (χ2v) is 5.59. The first-order valence-electron chi connectivity index (χ1n) is 7.45. The number of rotatable bonds is 5. The van der Waals surface area contributed by atoms with Crippen molar-refractivity contribution in [1.82, 2.24) is 15.2 Å². The average Bonchev–Trinajstić information content (AvgIpc) is 2.55. The molecule has 120 valence electrons. The van der Waals surface area contributed by atoms with Crippen molar-refractivity contribution in [3.8, 4) is 0 Å². The number of amides is 2. The van der Waals surface area contributed by atoms with Gasteiger partial charge in [-0.25, -0.2) is 0 Å². The number of carbonyl (C=O) groups excluding carboxylic acids is 2. The number of hydrogen-bond donors (Lipinski definition) is 1. The standard InChI is InChI=1S/C18H21N3O2/c1-13-6-7-16(9-14(13)2)18(23)20-11-17(22)21(3)12-15-5-4-8-19-10-15/h4-10H,11-12H2,1-3H3,(H,20,23). The first-order chi connectivity index (χ1) is 11.0. The number of aryl methyl sites for hydroxylation is 2. The minimum absolute atomic E-state index is 0.0253. The summed E-state index contributed by atoms with van der Waals surface area (Å²) < 4.78 is 0. The molecule has 0 saturated heterocycles. The Bertz CT molecular complexity index is 699. The lowest BCUT2D eigenvalue weighted by Crippen LogP contribution is -2.37. The predicted octanol–water partition coefficient (Wildman–Crippen LogP) is 2.09. The van der Waals surface area contributed by atoms with Crippen LogP contribution in [0.3, 0.4) is 0 Å². The van der Waals surface area contributed by atoms with Crippen LogP contribution in [0.25, 0.3) is 0 Å². The van der Waals surface area contributed by atoms with E-state index in [0.717, 1.165) is 16.7 Å². The molecule has 0 bridgehead atoms. The molecule has 0 radical (unpaired) electrons. The molecule has 23 heavy (non-hydrogen) atoms. The molecule has 2 amide bonds. The van der Waals surface area contributed by atoms with E-state index >= 15 is 0 Å². The van der Waals surface area contributed by atoms with Gasteiger partial charge in [-0.3, -0.25) is 14.6 Å². The Labute approximate surface area is 136 Å². The molecule has 5 heteroatoms. The lowest BCUT2D eigenvalue weighted by molar-refractivity contribution is -0.129. The van der Waals surface area contributed by atoms with Crippen LogP contribution < -0.4 is 5.32 Å². The maximum absolute atomic E-state index is 12.1. The monoisotopic (exact) mass is 311 g/mol. The van der Waals surface area contributed by atoms with Gasteiger partial charge in [0.25, 0.3) is 5.91 Å². The topological polar surface area (TPSA) is 62.3 Å². The first-order valence-corrected chi connectivity index (χ1v) is 7.45. The average molecular weight is 311 g/mol. The largest absolute Gasteiger partial charge is 0.343 e. The Kier molecular flexibility index (Phi) is 5.46. The zero-order valence-corrected chi connectivity index (χ0v) is 13.7. The maximum atomic E-state index is 12.1. The van der Waals surface area contributed by atoms with Crippen LogP contribution >= 0.6 is 0 Å². The van der Waals surface area contributed by atoms with Gasteiger partial charge in [-0.2, -0.15) is 0 Å². The molecule has 0 atom stereocenters. The van der Waals surface area contributed by atoms with Crippen LogP contribution in [0, 0.1) is 13.8 Å². The molecule has 0 aliphatic carbocycles. The fourth-order valence-corrected chi connectivity index (χ4v) is 2.13. The van der Waals surface area contributed by atoms with Gasteiger partial charge in [0, 0.05) is 31.5 Å². The minimum atomic E-state index is -0.240. The predicted molar refractivity (Wildman–Crippen MR) is 89.0 cm³/mol. The highest BCUT2D eigenvalue weighted by atomic mass is 16.2. The van der Waals surface area contributed by atoms with Crippen LogP contribution in [-0.2, 0) is 11.3 Å². The van der Waals surface area contributed by atoms with Crippen LogP contribution in [0.2, 0.25) is 0 Å². The maximum Gasteiger partial charge on any atom is 0.251 e. The van der Waals surface area contributed by atoms with E-state index in [4.69, 9.17) is 0 Å². The van der Waals surface area contributed by atoms with Gasteiger partial charge in [-0.15, -0.1) is 0 Å². The molecule has 1 aromatic heterocycles. The van der Waals surface area contributed by atoms with Crippen LogP contribution in [0.15, 0.2) is 42.7 Å². The van der Waals surface area contributed by atoms with Crippen molar-refractivity contribution in [3.63, 3.8) is 0 Å². The van der Waals surface area contributed by atoms with Gasteiger partial charge in [0.2, 0.25) is 5.91 Å². The number of pyridine rings is 1. The van der Waals surface area contributed by atoms with E-state index in [1.54, 1.807) is 30.4 Å². The molecular formula is C18H21N3O2. The molecule has 1 N–H and O–H groups in total. The smallest absolute Gasteiger partial charge is 0.251 e. The Morgan fingerprint density at radius 2 is 1.96 bits per heavy atom. The summed E-state index contributed by atoms with van der Waals surface area (Å²) in [6, 6.07) is 9.23. The third-order valence-corrected chi connectivity index (χ3v) is 3.74. The molecule has 0 saturated carbocycles. The summed E-state index contributed by atoms with van der Waals surface area (Å²) in [6.45, 7) is 4.39. The summed E-state index contributed by atoms with van der Waals surface area (Å²) >= 11 is 0. The molecule has 0 unspecified atom stereocenters. The third-order valence-electron chi connectivity index (χ3n) is 3.74. The molecule has 5 nitrogen and oxygen atoms in total. The van der Waals surface area contributed by atoms with E-state index in [-0.39, 0.29) is 18.4 Å². The molecule has 2 rings (SSSR count). The van der Waals surface area contributed by atoms with Crippen molar-refractivity contribution >= 4 is 11.8 Å². The zero-order valence-electron chi connectivity index (χ0n) is 13.7. The zero-order chi connectivity index (χ0) is 16.8. The SMILES string of the molecule is Cc1ccc(C(=O)NCC(=O)N(C)Cc2cccnc2)cc1C. The highest BCUT2D eigenvalue weighted by Crippen LogP contribution is 2.09. The molecule has 0 aliphatic rings. The normalized spacial score (nSPS) is 10.2. The highest BCUT2D eigenvalue weighted by Gasteiger charge is 2.12. The molecule has 0 fully saturated rings. The van der Waals surface area contributed by atoms with Crippen molar-refractivity contribution in [1.29, 1.82) is 0 Å². The van der Waals surface area contributed by atoms with Gasteiger partial charge >= 0.3 is 0 Å². The van der Waals surface area contributed by atoms with Crippen molar-refractivity contribution in [3.05, 3.63) is 65.0 Å². The lowest BCUT2D eigenvalue weighted by Gasteiger charge is -2.17. The van der Waals surface area contributed by atoms with Crippen LogP contribution in [0.4, 0.5) is 0 Å². The van der Waals surface area contributed by atoms with Gasteiger partial charge in [-0.1, -0.05) is 12.1 Å². The lowest BCUT2D eigenvalue weighted by atomic mass is 10.1. The van der Waals surface area contributed by atoms with E-state index in [9.17, 15) is 9.59 Å². The molecule has 1 heterocycles. The number of aromatic nitrogens is 1. The summed E-state index contributed by atoms with van der Waals surface area (Å²) in [6.07, 6.45) is 3.41. The fraction of sp³-hybridized carbons (Fsp3) is 0.278. The fourth-order valence-electron chi connectivity index (χ4n) is 2.13. The molecule has 0 aliphatic heterocycles. The Morgan fingerprint density at radius 1 is 1.17 bits per heavy atom. The second kappa shape index (κ2) is 7.54. The van der Waals surface area contributed by atoms with Gasteiger partial charge in [-0.05, 0) is 48.7 Å². The number of carbonyl (C=O) groups is 2. The Hall–Kier alpha value is -2.69. The van der Waals surface area contributed by atoms with Crippen molar-refractivity contribution in [2.75, 3.05) is 13.6 Å². The Morgan fingerprint density at radius 3 is 2.61 bits per heavy atom. The van der Waals surface area contributed by atoms with E-state index < -0.39 is 0 Å². The first kappa shape index (κ1) is 16.7. The second-order valence-electron chi connectivity index (χ2n) is 5.59. The summed E-state index contributed by atoms with van der Waals surface area (Å²) in [5.74, 6) is -0.387. The third kappa shape index (κ3) is 4.64. The van der Waals surface area contributed by atoms with Crippen molar-refractivity contribution in [2.45, 2.75) is 20.4 Å². The van der Waals surface area contributed by atoms with Crippen LogP contribution in [-0.4, -0.2) is 35.3 Å². The quantitative estimate of drug-likeness (QED) is 0.919. The van der Waals surface area contributed by atoms with Gasteiger partial charge < -0.3 is 10.2 Å². The Balaban J connectivity index is 1.88. The molecule has 2 aromatic rings. The molecule has 0 spiro atoms. The minimum Gasteiger partial charge on any atom is -0.343 e. The number of nitrogens with one attached hydrogen (secondary N) is 1. The van der Waals surface area contributed by atoms with Gasteiger partial charge in [0.1, 0.15) is 0 Å². The summed E-state index contributed by atoms with van der Waals surface area (Å²) in [7, 11) is 1.71. The van der Waals surface area contributed by atoms with E-state index in [1.165, 1.54) is 0 Å². The molecular weight excluding hydrogens is 290 g/mol. The summed E-state index contributed by atoms with van der Waals surface area (Å²) in [4.78, 5) is 29.8. The highest BCUT2D eigenvalue weighted by molar-refractivity contribution is 5.96. The van der Waals surface area contributed by atoms with Crippen molar-refractivity contribution < 1.29 is 9.59 Å². The van der Waals surface area contributed by atoms with Crippen LogP contribution in [0.1, 0.15) is 27.0 Å². The van der Waals surface area contributed by atoms with Crippen molar-refractivity contribution in [2.24, 2.45) is 0 Å². The van der Waals surface area contributed by atoms with Gasteiger partial charge in [0.15, 0.2) is 0 Å². The number of likely N-dealkylation sites (N-methyl/N-ethyl adjacent to an activating group) is 1. The van der Waals surface area contributed by atoms with Crippen LogP contribution in [0.5, 0.6) is 0 Å². The summed E-state index contributed by atoms with van der Waals surface area (Å²) in [5.41, 5.74) is 3.70. The van der Waals surface area contributed by atoms with E-state index in [1.807, 2.05) is 38.1 Å². The van der Waals surface area contributed by atoms with E-state index in [0.29, 0.717) is 12.1 Å².